The summed E-state index contributed by atoms with van der Waals surface area (Å²) >= 11 is 3.52. The third kappa shape index (κ3) is 6.54. The lowest BCUT2D eigenvalue weighted by molar-refractivity contribution is -0.719. The molecule has 2 aliphatic rings. The second-order valence-corrected chi connectivity index (χ2v) is 12.2. The van der Waals surface area contributed by atoms with E-state index in [1.165, 1.54) is 35.8 Å². The van der Waals surface area contributed by atoms with Crippen molar-refractivity contribution in [3.63, 3.8) is 0 Å². The Kier molecular flexibility index (Phi) is 9.50. The first-order valence-corrected chi connectivity index (χ1v) is 15.5. The largest absolute Gasteiger partial charge is 0.481 e. The maximum absolute atomic E-state index is 13.2. The molecule has 1 fully saturated rings. The van der Waals surface area contributed by atoms with Gasteiger partial charge in [-0.05, 0) is 31.2 Å². The average molecular weight is 654 g/mol. The van der Waals surface area contributed by atoms with Crippen LogP contribution in [0.4, 0.5) is 22.5 Å². The molecule has 2 aromatic rings. The van der Waals surface area contributed by atoms with Gasteiger partial charge in [0.25, 0.3) is 11.8 Å². The number of aliphatic carboxylic acids is 2. The number of carbonyl (C=O) groups is 4. The lowest BCUT2D eigenvalue weighted by Gasteiger charge is -2.49. The van der Waals surface area contributed by atoms with Crippen molar-refractivity contribution in [1.82, 2.24) is 20.2 Å². The minimum atomic E-state index is -1.30. The van der Waals surface area contributed by atoms with Crippen molar-refractivity contribution in [2.24, 2.45) is 5.16 Å². The predicted molar refractivity (Wildman–Crippen MR) is 160 cm³/mol. The molecular formula is C23H29N10O7S3+. The fraction of sp³-hybridized carbons (Fsp3) is 0.391. The minimum Gasteiger partial charge on any atom is -0.481 e. The molecule has 0 aromatic carbocycles. The molecule has 0 saturated carbocycles. The highest BCUT2D eigenvalue weighted by Crippen LogP contribution is 2.41. The smallest absolute Gasteiger partial charge is 0.352 e. The van der Waals surface area contributed by atoms with Crippen LogP contribution in [0.1, 0.15) is 26.0 Å². The van der Waals surface area contributed by atoms with Crippen molar-refractivity contribution in [3.8, 4) is 0 Å². The number of nitrogens with zero attached hydrogens (tertiary/aromatic N) is 5. The number of β-lactam (4-membered cyclic amide) rings is 1. The van der Waals surface area contributed by atoms with Crippen molar-refractivity contribution in [2.45, 2.75) is 49.5 Å². The second kappa shape index (κ2) is 12.9. The van der Waals surface area contributed by atoms with Crippen molar-refractivity contribution in [2.75, 3.05) is 34.4 Å². The Morgan fingerprint density at radius 1 is 1.28 bits per heavy atom. The second-order valence-electron chi connectivity index (χ2n) is 9.25. The summed E-state index contributed by atoms with van der Waals surface area (Å²) < 4.78 is 1.65. The van der Waals surface area contributed by atoms with E-state index in [0.717, 1.165) is 16.2 Å². The molecule has 2 unspecified atom stereocenters. The SMILES string of the molecule is CC[n+]1c(SCC2=C(C(=O)O)N3C(=O)C(NC(=O)/C(=N\OC(C)CC(=O)O)c4csc(N)n4)[C@H]3SC2)nc(N)c(N)c1N. The summed E-state index contributed by atoms with van der Waals surface area (Å²) in [6.07, 6.45) is -1.24. The Balaban J connectivity index is 1.52. The van der Waals surface area contributed by atoms with Crippen LogP contribution in [-0.4, -0.2) is 83.6 Å². The number of carboxylic acids is 2. The zero-order valence-electron chi connectivity index (χ0n) is 22.8. The van der Waals surface area contributed by atoms with E-state index in [1.807, 2.05) is 6.92 Å². The molecule has 11 N–H and O–H groups in total. The summed E-state index contributed by atoms with van der Waals surface area (Å²) in [7, 11) is 0. The number of fused-ring (bicyclic) bond motifs is 1. The third-order valence-corrected chi connectivity index (χ3v) is 9.36. The molecule has 2 amide bonds. The Bertz CT molecular complexity index is 1550. The number of amides is 2. The fourth-order valence-electron chi connectivity index (χ4n) is 4.20. The maximum atomic E-state index is 13.2. The van der Waals surface area contributed by atoms with Gasteiger partial charge < -0.3 is 43.3 Å². The van der Waals surface area contributed by atoms with Crippen LogP contribution < -0.4 is 32.8 Å². The van der Waals surface area contributed by atoms with Gasteiger partial charge in [0.05, 0.1) is 13.0 Å². The van der Waals surface area contributed by atoms with Crippen LogP contribution in [0.3, 0.4) is 0 Å². The van der Waals surface area contributed by atoms with Gasteiger partial charge in [-0.3, -0.25) is 19.3 Å². The summed E-state index contributed by atoms with van der Waals surface area (Å²) in [5.41, 5.74) is 23.7. The summed E-state index contributed by atoms with van der Waals surface area (Å²) in [5.74, 6) is -3.17. The van der Waals surface area contributed by atoms with E-state index < -0.39 is 41.3 Å². The van der Waals surface area contributed by atoms with Gasteiger partial charge in [0.2, 0.25) is 11.6 Å². The van der Waals surface area contributed by atoms with E-state index in [-0.39, 0.29) is 57.5 Å². The molecule has 0 radical (unpaired) electrons. The third-order valence-electron chi connectivity index (χ3n) is 6.28. The van der Waals surface area contributed by atoms with Gasteiger partial charge in [-0.15, -0.1) is 23.1 Å². The van der Waals surface area contributed by atoms with E-state index >= 15 is 0 Å². The van der Waals surface area contributed by atoms with E-state index in [2.05, 4.69) is 20.4 Å². The van der Waals surface area contributed by atoms with Crippen molar-refractivity contribution >= 4 is 86.8 Å². The lowest BCUT2D eigenvalue weighted by Crippen LogP contribution is -2.71. The molecule has 4 heterocycles. The molecular weight excluding hydrogens is 625 g/mol. The van der Waals surface area contributed by atoms with Gasteiger partial charge >= 0.3 is 17.1 Å². The summed E-state index contributed by atoms with van der Waals surface area (Å²) in [6, 6.07) is -1.07. The van der Waals surface area contributed by atoms with Gasteiger partial charge in [-0.1, -0.05) is 10.1 Å². The molecule has 1 saturated heterocycles. The van der Waals surface area contributed by atoms with E-state index in [0.29, 0.717) is 17.3 Å². The highest BCUT2D eigenvalue weighted by molar-refractivity contribution is 8.01. The predicted octanol–water partition coefficient (Wildman–Crippen LogP) is -0.711. The minimum absolute atomic E-state index is 0.0525. The van der Waals surface area contributed by atoms with Gasteiger partial charge in [-0.25, -0.2) is 14.3 Å². The zero-order valence-corrected chi connectivity index (χ0v) is 25.3. The first kappa shape index (κ1) is 31.6. The molecule has 0 bridgehead atoms. The number of thiazole rings is 1. The van der Waals surface area contributed by atoms with Gasteiger partial charge in [0, 0.05) is 16.9 Å². The number of anilines is 4. The number of oxime groups is 1. The Labute approximate surface area is 256 Å². The lowest BCUT2D eigenvalue weighted by atomic mass is 10.0. The van der Waals surface area contributed by atoms with Crippen LogP contribution in [-0.2, 0) is 30.6 Å². The molecule has 4 rings (SSSR count). The van der Waals surface area contributed by atoms with Crippen molar-refractivity contribution in [3.05, 3.63) is 22.3 Å². The molecule has 230 valence electrons. The van der Waals surface area contributed by atoms with Crippen molar-refractivity contribution in [1.29, 1.82) is 0 Å². The monoisotopic (exact) mass is 653 g/mol. The first-order chi connectivity index (χ1) is 20.3. The Hall–Kier alpha value is -4.30. The van der Waals surface area contributed by atoms with Crippen LogP contribution in [0.25, 0.3) is 0 Å². The number of thioether (sulfide) groups is 2. The van der Waals surface area contributed by atoms with Crippen molar-refractivity contribution < 1.29 is 38.8 Å². The molecule has 0 spiro atoms. The van der Waals surface area contributed by atoms with Gasteiger partial charge in [0.15, 0.2) is 16.5 Å². The van der Waals surface area contributed by atoms with Crippen LogP contribution in [0, 0.1) is 0 Å². The normalized spacial score (nSPS) is 19.0. The quantitative estimate of drug-likeness (QED) is 0.0372. The number of hydrogen-bond acceptors (Lipinski definition) is 15. The summed E-state index contributed by atoms with van der Waals surface area (Å²) in [4.78, 5) is 64.3. The summed E-state index contributed by atoms with van der Waals surface area (Å²) in [6.45, 7) is 3.75. The first-order valence-electron chi connectivity index (χ1n) is 12.6. The molecule has 43 heavy (non-hydrogen) atoms. The fourth-order valence-corrected chi connectivity index (χ4v) is 7.31. The summed E-state index contributed by atoms with van der Waals surface area (Å²) in [5, 5.41) is 26.7. The molecule has 17 nitrogen and oxygen atoms in total. The van der Waals surface area contributed by atoms with Gasteiger partial charge in [0.1, 0.15) is 28.9 Å². The van der Waals surface area contributed by atoms with Gasteiger partial charge in [-0.2, -0.15) is 0 Å². The number of nitrogens with one attached hydrogen (secondary N) is 1. The van der Waals surface area contributed by atoms with Crippen LogP contribution in [0.5, 0.6) is 0 Å². The van der Waals surface area contributed by atoms with Crippen LogP contribution >= 0.6 is 34.9 Å². The number of nitrogens with two attached hydrogens (primary N) is 4. The number of nitrogen functional groups attached to an aromatic ring is 4. The highest BCUT2D eigenvalue weighted by atomic mass is 32.2. The molecule has 2 aliphatic heterocycles. The average Bonchev–Trinajstić information content (AvgIpc) is 3.38. The van der Waals surface area contributed by atoms with Crippen LogP contribution in [0.2, 0.25) is 0 Å². The topological polar surface area (TPSA) is 279 Å². The molecule has 20 heteroatoms. The molecule has 2 aromatic heterocycles. The standard InChI is InChI=1S/C23H28N10O7S3/c1-3-32-17(26)12(24)16(25)30-23(32)43-6-9-5-41-20-14(19(37)33(20)15(9)21(38)39)29-18(36)13(10-7-42-22(27)28-10)31-40-8(2)4-11(34)35/h7-8,14,20H,3-6H2,1-2H3,(H10,24,25,26,27,28,29,31,34,35,36,38,39)/p+1/t8?,14?,20-/m1/s1. The number of aromatic nitrogens is 3. The Morgan fingerprint density at radius 2 is 2.00 bits per heavy atom. The Morgan fingerprint density at radius 3 is 2.60 bits per heavy atom. The van der Waals surface area contributed by atoms with E-state index in [1.54, 1.807) is 4.57 Å². The maximum Gasteiger partial charge on any atom is 0.352 e. The number of rotatable bonds is 12. The molecule has 0 aliphatic carbocycles. The van der Waals surface area contributed by atoms with E-state index in [4.69, 9.17) is 32.9 Å². The zero-order chi connectivity index (χ0) is 31.6. The number of carbonyl (C=O) groups excluding carboxylic acids is 2. The van der Waals surface area contributed by atoms with Crippen LogP contribution in [0.15, 0.2) is 27.0 Å². The van der Waals surface area contributed by atoms with E-state index in [9.17, 15) is 24.3 Å². The number of carboxylic acid groups (broad SMARTS) is 2. The molecule has 3 atom stereocenters. The number of hydrogen-bond donors (Lipinski definition) is 7. The highest BCUT2D eigenvalue weighted by Gasteiger charge is 2.54.